The van der Waals surface area contributed by atoms with Crippen LogP contribution in [0.1, 0.15) is 22.3 Å². The Morgan fingerprint density at radius 2 is 1.84 bits per heavy atom. The number of ether oxygens (including phenoxy) is 2. The zero-order valence-electron chi connectivity index (χ0n) is 14.6. The summed E-state index contributed by atoms with van der Waals surface area (Å²) in [5.74, 6) is 0.943. The van der Waals surface area contributed by atoms with Crippen molar-refractivity contribution in [3.05, 3.63) is 59.7 Å². The van der Waals surface area contributed by atoms with E-state index >= 15 is 0 Å². The first-order valence-electron chi connectivity index (χ1n) is 8.11. The monoisotopic (exact) mass is 338 g/mol. The highest BCUT2D eigenvalue weighted by Crippen LogP contribution is 2.26. The number of hydrogen-bond acceptors (Lipinski definition) is 4. The van der Waals surface area contributed by atoms with E-state index in [1.807, 2.05) is 30.3 Å². The third kappa shape index (κ3) is 4.98. The number of rotatable bonds is 8. The Bertz CT molecular complexity index is 738. The molecule has 0 aliphatic heterocycles. The van der Waals surface area contributed by atoms with Crippen LogP contribution in [0.15, 0.2) is 48.5 Å². The number of nitriles is 1. The summed E-state index contributed by atoms with van der Waals surface area (Å²) in [6.45, 7) is 0.928. The maximum Gasteiger partial charge on any atom is 0.257 e. The van der Waals surface area contributed by atoms with E-state index < -0.39 is 0 Å². The average Bonchev–Trinajstić information content (AvgIpc) is 2.67. The van der Waals surface area contributed by atoms with Crippen molar-refractivity contribution in [1.29, 1.82) is 5.26 Å². The number of nitrogens with zero attached hydrogens (tertiary/aromatic N) is 2. The highest BCUT2D eigenvalue weighted by molar-refractivity contribution is 5.97. The second-order valence-corrected chi connectivity index (χ2v) is 5.50. The lowest BCUT2D eigenvalue weighted by Crippen LogP contribution is -2.34. The van der Waals surface area contributed by atoms with Crippen molar-refractivity contribution in [3.8, 4) is 17.6 Å². The van der Waals surface area contributed by atoms with Gasteiger partial charge in [0.05, 0.1) is 32.3 Å². The van der Waals surface area contributed by atoms with Gasteiger partial charge in [-0.25, -0.2) is 0 Å². The number of carbonyl (C=O) groups is 1. The van der Waals surface area contributed by atoms with Crippen LogP contribution in [-0.2, 0) is 6.42 Å². The molecule has 0 spiro atoms. The molecule has 1 amide bonds. The normalized spacial score (nSPS) is 9.96. The number of carbonyl (C=O) groups excluding carboxylic acids is 1. The molecule has 0 saturated heterocycles. The molecule has 0 radical (unpaired) electrons. The zero-order valence-corrected chi connectivity index (χ0v) is 14.6. The van der Waals surface area contributed by atoms with Crippen LogP contribution in [0.4, 0.5) is 0 Å². The second-order valence-electron chi connectivity index (χ2n) is 5.50. The lowest BCUT2D eigenvalue weighted by molar-refractivity contribution is 0.0757. The van der Waals surface area contributed by atoms with Crippen molar-refractivity contribution < 1.29 is 14.3 Å². The van der Waals surface area contributed by atoms with Gasteiger partial charge in [0, 0.05) is 19.2 Å². The molecular formula is C20H22N2O3. The van der Waals surface area contributed by atoms with E-state index in [4.69, 9.17) is 14.7 Å². The topological polar surface area (TPSA) is 62.6 Å². The molecule has 5 heteroatoms. The molecule has 0 fully saturated rings. The first-order valence-corrected chi connectivity index (χ1v) is 8.11. The summed E-state index contributed by atoms with van der Waals surface area (Å²) in [7, 11) is 3.09. The van der Waals surface area contributed by atoms with Crippen LogP contribution in [0.25, 0.3) is 0 Å². The van der Waals surface area contributed by atoms with Crippen LogP contribution < -0.4 is 9.47 Å². The summed E-state index contributed by atoms with van der Waals surface area (Å²) in [6.07, 6.45) is 1.02. The Hall–Kier alpha value is -3.00. The van der Waals surface area contributed by atoms with Crippen molar-refractivity contribution in [2.45, 2.75) is 12.8 Å². The summed E-state index contributed by atoms with van der Waals surface area (Å²) in [6, 6.07) is 17.2. The summed E-state index contributed by atoms with van der Waals surface area (Å²) >= 11 is 0. The first-order chi connectivity index (χ1) is 12.2. The quantitative estimate of drug-likeness (QED) is 0.741. The molecule has 2 rings (SSSR count). The van der Waals surface area contributed by atoms with Gasteiger partial charge >= 0.3 is 0 Å². The first kappa shape index (κ1) is 18.3. The minimum Gasteiger partial charge on any atom is -0.497 e. The van der Waals surface area contributed by atoms with Crippen LogP contribution in [0.2, 0.25) is 0 Å². The predicted octanol–water partition coefficient (Wildman–Crippen LogP) is 3.30. The fourth-order valence-corrected chi connectivity index (χ4v) is 2.55. The van der Waals surface area contributed by atoms with Gasteiger partial charge in [-0.15, -0.1) is 0 Å². The van der Waals surface area contributed by atoms with Crippen molar-refractivity contribution in [2.75, 3.05) is 27.3 Å². The summed E-state index contributed by atoms with van der Waals surface area (Å²) in [5, 5.41) is 8.89. The molecular weight excluding hydrogens is 316 g/mol. The molecule has 130 valence electrons. The van der Waals surface area contributed by atoms with Crippen molar-refractivity contribution >= 4 is 5.91 Å². The lowest BCUT2D eigenvalue weighted by atomic mass is 10.1. The third-order valence-corrected chi connectivity index (χ3v) is 3.93. The molecule has 0 aliphatic rings. The molecule has 0 heterocycles. The number of amides is 1. The molecule has 2 aromatic rings. The van der Waals surface area contributed by atoms with Gasteiger partial charge in [-0.3, -0.25) is 4.79 Å². The van der Waals surface area contributed by atoms with Gasteiger partial charge < -0.3 is 14.4 Å². The summed E-state index contributed by atoms with van der Waals surface area (Å²) in [4.78, 5) is 14.6. The van der Waals surface area contributed by atoms with Crippen molar-refractivity contribution in [2.24, 2.45) is 0 Å². The fraction of sp³-hybridized carbons (Fsp3) is 0.300. The van der Waals surface area contributed by atoms with Crippen LogP contribution in [0.3, 0.4) is 0 Å². The van der Waals surface area contributed by atoms with Crippen LogP contribution in [0, 0.1) is 11.3 Å². The predicted molar refractivity (Wildman–Crippen MR) is 95.8 cm³/mol. The highest BCUT2D eigenvalue weighted by atomic mass is 16.5. The third-order valence-electron chi connectivity index (χ3n) is 3.93. The van der Waals surface area contributed by atoms with E-state index in [1.165, 1.54) is 7.11 Å². The number of hydrogen-bond donors (Lipinski definition) is 0. The molecule has 0 atom stereocenters. The molecule has 2 aromatic carbocycles. The standard InChI is InChI=1S/C20H22N2O3/c1-24-17-9-10-18(19(15-17)25-2)20(23)22(13-6-12-21)14-11-16-7-4-3-5-8-16/h3-5,7-10,15H,6,11,13-14H2,1-2H3. The molecule has 25 heavy (non-hydrogen) atoms. The molecule has 0 N–H and O–H groups in total. The number of benzene rings is 2. The highest BCUT2D eigenvalue weighted by Gasteiger charge is 2.20. The largest absolute Gasteiger partial charge is 0.497 e. The minimum absolute atomic E-state index is 0.148. The van der Waals surface area contributed by atoms with E-state index in [2.05, 4.69) is 6.07 Å². The number of methoxy groups -OCH3 is 2. The van der Waals surface area contributed by atoms with Gasteiger partial charge in [0.1, 0.15) is 11.5 Å². The average molecular weight is 338 g/mol. The molecule has 0 unspecified atom stereocenters. The minimum atomic E-state index is -0.148. The maximum atomic E-state index is 12.9. The van der Waals surface area contributed by atoms with Gasteiger partial charge in [-0.05, 0) is 24.1 Å². The van der Waals surface area contributed by atoms with E-state index in [-0.39, 0.29) is 5.91 Å². The Labute approximate surface area is 148 Å². The molecule has 0 aromatic heterocycles. The van der Waals surface area contributed by atoms with Crippen LogP contribution >= 0.6 is 0 Å². The Kier molecular flexibility index (Phi) is 6.85. The summed E-state index contributed by atoms with van der Waals surface area (Å²) in [5.41, 5.74) is 1.62. The fourth-order valence-electron chi connectivity index (χ4n) is 2.55. The van der Waals surface area contributed by atoms with E-state index in [9.17, 15) is 4.79 Å². The zero-order chi connectivity index (χ0) is 18.1. The molecule has 0 aliphatic carbocycles. The Morgan fingerprint density at radius 3 is 2.48 bits per heavy atom. The van der Waals surface area contributed by atoms with Gasteiger partial charge in [0.2, 0.25) is 0 Å². The molecule has 5 nitrogen and oxygen atoms in total. The van der Waals surface area contributed by atoms with Gasteiger partial charge in [-0.1, -0.05) is 30.3 Å². The lowest BCUT2D eigenvalue weighted by Gasteiger charge is -2.23. The van der Waals surface area contributed by atoms with E-state index in [0.717, 1.165) is 12.0 Å². The SMILES string of the molecule is COc1ccc(C(=O)N(CCC#N)CCc2ccccc2)c(OC)c1. The van der Waals surface area contributed by atoms with Crippen LogP contribution in [-0.4, -0.2) is 38.1 Å². The van der Waals surface area contributed by atoms with Gasteiger partial charge in [-0.2, -0.15) is 5.26 Å². The van der Waals surface area contributed by atoms with E-state index in [1.54, 1.807) is 30.2 Å². The second kappa shape index (κ2) is 9.33. The maximum absolute atomic E-state index is 12.9. The molecule has 0 saturated carbocycles. The van der Waals surface area contributed by atoms with E-state index in [0.29, 0.717) is 36.6 Å². The van der Waals surface area contributed by atoms with Crippen molar-refractivity contribution in [1.82, 2.24) is 4.90 Å². The van der Waals surface area contributed by atoms with Gasteiger partial charge in [0.15, 0.2) is 0 Å². The van der Waals surface area contributed by atoms with Crippen LogP contribution in [0.5, 0.6) is 11.5 Å². The molecule has 0 bridgehead atoms. The van der Waals surface area contributed by atoms with Gasteiger partial charge in [0.25, 0.3) is 5.91 Å². The smallest absolute Gasteiger partial charge is 0.257 e. The Balaban J connectivity index is 2.18. The summed E-state index contributed by atoms with van der Waals surface area (Å²) < 4.78 is 10.5. The van der Waals surface area contributed by atoms with Crippen molar-refractivity contribution in [3.63, 3.8) is 0 Å². The Morgan fingerprint density at radius 1 is 1.08 bits per heavy atom.